The van der Waals surface area contributed by atoms with E-state index in [1.54, 1.807) is 6.20 Å². The van der Waals surface area contributed by atoms with Gasteiger partial charge >= 0.3 is 0 Å². The van der Waals surface area contributed by atoms with Crippen LogP contribution in [-0.4, -0.2) is 15.0 Å². The predicted octanol–water partition coefficient (Wildman–Crippen LogP) is 4.09. The van der Waals surface area contributed by atoms with Crippen LogP contribution in [0.25, 0.3) is 11.5 Å². The molecule has 0 atom stereocenters. The lowest BCUT2D eigenvalue weighted by Crippen LogP contribution is -2.17. The molecule has 94 valence electrons. The number of pyridine rings is 1. The van der Waals surface area contributed by atoms with E-state index in [4.69, 9.17) is 11.6 Å². The molecule has 0 aliphatic carbocycles. The van der Waals surface area contributed by atoms with Crippen LogP contribution in [0, 0.1) is 3.57 Å². The summed E-state index contributed by atoms with van der Waals surface area (Å²) in [5.41, 5.74) is 1.61. The zero-order valence-corrected chi connectivity index (χ0v) is 13.3. The van der Waals surface area contributed by atoms with Crippen molar-refractivity contribution >= 4 is 34.2 Å². The maximum atomic E-state index is 6.19. The van der Waals surface area contributed by atoms with Crippen LogP contribution in [0.5, 0.6) is 0 Å². The molecule has 18 heavy (non-hydrogen) atoms. The van der Waals surface area contributed by atoms with Crippen LogP contribution in [0.15, 0.2) is 24.4 Å². The van der Waals surface area contributed by atoms with Gasteiger partial charge in [-0.3, -0.25) is 4.98 Å². The van der Waals surface area contributed by atoms with Gasteiger partial charge in [0.1, 0.15) is 10.8 Å². The van der Waals surface area contributed by atoms with Crippen LogP contribution in [0.3, 0.4) is 0 Å². The monoisotopic (exact) mass is 373 g/mol. The third kappa shape index (κ3) is 2.80. The Hall–Kier alpha value is -0.750. The topological polar surface area (TPSA) is 38.7 Å². The Bertz CT molecular complexity index is 564. The van der Waals surface area contributed by atoms with Crippen molar-refractivity contribution in [2.45, 2.75) is 26.2 Å². The van der Waals surface area contributed by atoms with Crippen molar-refractivity contribution in [3.8, 4) is 11.5 Å². The summed E-state index contributed by atoms with van der Waals surface area (Å²) in [4.78, 5) is 13.2. The van der Waals surface area contributed by atoms with Gasteiger partial charge in [0.25, 0.3) is 0 Å². The van der Waals surface area contributed by atoms with Crippen molar-refractivity contribution in [1.29, 1.82) is 0 Å². The Morgan fingerprint density at radius 1 is 1.17 bits per heavy atom. The van der Waals surface area contributed by atoms with Crippen molar-refractivity contribution in [2.24, 2.45) is 0 Å². The van der Waals surface area contributed by atoms with Gasteiger partial charge in [0, 0.05) is 11.6 Å². The van der Waals surface area contributed by atoms with Gasteiger partial charge in [-0.2, -0.15) is 0 Å². The molecule has 2 rings (SSSR count). The van der Waals surface area contributed by atoms with Gasteiger partial charge < -0.3 is 0 Å². The molecule has 2 aromatic heterocycles. The summed E-state index contributed by atoms with van der Waals surface area (Å²) in [7, 11) is 0. The lowest BCUT2D eigenvalue weighted by molar-refractivity contribution is 0.563. The molecule has 0 spiro atoms. The normalized spacial score (nSPS) is 11.6. The summed E-state index contributed by atoms with van der Waals surface area (Å²) in [6.45, 7) is 6.32. The second-order valence-corrected chi connectivity index (χ2v) is 6.40. The Labute approximate surface area is 125 Å². The van der Waals surface area contributed by atoms with Gasteiger partial charge in [-0.05, 0) is 34.7 Å². The van der Waals surface area contributed by atoms with Gasteiger partial charge in [-0.1, -0.05) is 38.4 Å². The summed E-state index contributed by atoms with van der Waals surface area (Å²) < 4.78 is 0.904. The van der Waals surface area contributed by atoms with E-state index in [9.17, 15) is 0 Å². The number of nitrogens with zero attached hydrogens (tertiary/aromatic N) is 3. The highest BCUT2D eigenvalue weighted by Crippen LogP contribution is 2.30. The fourth-order valence-corrected chi connectivity index (χ4v) is 2.75. The standard InChI is InChI=1S/C13H13ClIN3/c1-13(2,3)10-9(15)11(14)18-12(17-10)8-6-4-5-7-16-8/h4-7H,1-3H3. The summed E-state index contributed by atoms with van der Waals surface area (Å²) in [5, 5.41) is 0.483. The molecule has 0 aliphatic heterocycles. The minimum absolute atomic E-state index is 0.0768. The predicted molar refractivity (Wildman–Crippen MR) is 81.7 cm³/mol. The number of rotatable bonds is 1. The molecule has 0 saturated carbocycles. The van der Waals surface area contributed by atoms with Crippen LogP contribution in [0.2, 0.25) is 5.15 Å². The van der Waals surface area contributed by atoms with Gasteiger partial charge in [-0.15, -0.1) is 0 Å². The second-order valence-electron chi connectivity index (χ2n) is 4.97. The molecule has 0 saturated heterocycles. The molecule has 0 amide bonds. The number of hydrogen-bond donors (Lipinski definition) is 0. The van der Waals surface area contributed by atoms with Gasteiger partial charge in [0.15, 0.2) is 5.82 Å². The molecule has 3 nitrogen and oxygen atoms in total. The third-order valence-corrected chi connectivity index (χ3v) is 4.03. The van der Waals surface area contributed by atoms with E-state index in [1.165, 1.54) is 0 Å². The summed E-state index contributed by atoms with van der Waals surface area (Å²) in [5.74, 6) is 0.575. The molecular weight excluding hydrogens is 361 g/mol. The fourth-order valence-electron chi connectivity index (χ4n) is 1.53. The highest BCUT2D eigenvalue weighted by atomic mass is 127. The first-order valence-electron chi connectivity index (χ1n) is 5.54. The number of hydrogen-bond acceptors (Lipinski definition) is 3. The van der Waals surface area contributed by atoms with Crippen molar-refractivity contribution in [1.82, 2.24) is 15.0 Å². The van der Waals surface area contributed by atoms with Crippen LogP contribution in [-0.2, 0) is 5.41 Å². The zero-order valence-electron chi connectivity index (χ0n) is 10.4. The molecule has 0 aromatic carbocycles. The van der Waals surface area contributed by atoms with Crippen LogP contribution < -0.4 is 0 Å². The molecule has 0 bridgehead atoms. The first kappa shape index (κ1) is 13.7. The molecule has 2 heterocycles. The molecule has 0 fully saturated rings. The Kier molecular flexibility index (Phi) is 3.87. The lowest BCUT2D eigenvalue weighted by Gasteiger charge is -2.20. The zero-order chi connectivity index (χ0) is 13.3. The maximum Gasteiger partial charge on any atom is 0.179 e. The van der Waals surface area contributed by atoms with Crippen molar-refractivity contribution in [2.75, 3.05) is 0 Å². The highest BCUT2D eigenvalue weighted by molar-refractivity contribution is 14.1. The molecule has 5 heteroatoms. The van der Waals surface area contributed by atoms with Gasteiger partial charge in [0.2, 0.25) is 0 Å². The Morgan fingerprint density at radius 2 is 1.89 bits per heavy atom. The number of halogens is 2. The Balaban J connectivity index is 2.62. The minimum Gasteiger partial charge on any atom is -0.253 e. The second kappa shape index (κ2) is 5.09. The quantitative estimate of drug-likeness (QED) is 0.558. The van der Waals surface area contributed by atoms with E-state index in [0.717, 1.165) is 15.0 Å². The summed E-state index contributed by atoms with van der Waals surface area (Å²) in [6.07, 6.45) is 1.72. The smallest absolute Gasteiger partial charge is 0.179 e. The largest absolute Gasteiger partial charge is 0.253 e. The van der Waals surface area contributed by atoms with Gasteiger partial charge in [0.05, 0.1) is 9.26 Å². The summed E-state index contributed by atoms with van der Waals surface area (Å²) in [6, 6.07) is 5.65. The SMILES string of the molecule is CC(C)(C)c1nc(-c2ccccn2)nc(Cl)c1I. The van der Waals surface area contributed by atoms with Crippen LogP contribution in [0.4, 0.5) is 0 Å². The molecule has 0 N–H and O–H groups in total. The van der Waals surface area contributed by atoms with E-state index < -0.39 is 0 Å². The molecule has 0 unspecified atom stereocenters. The van der Waals surface area contributed by atoms with E-state index in [1.807, 2.05) is 18.2 Å². The van der Waals surface area contributed by atoms with Crippen molar-refractivity contribution in [3.05, 3.63) is 38.8 Å². The van der Waals surface area contributed by atoms with E-state index in [0.29, 0.717) is 11.0 Å². The molecule has 0 aliphatic rings. The molecule has 0 radical (unpaired) electrons. The third-order valence-electron chi connectivity index (χ3n) is 2.42. The molecule has 2 aromatic rings. The first-order chi connectivity index (χ1) is 8.39. The van der Waals surface area contributed by atoms with E-state index >= 15 is 0 Å². The average Bonchev–Trinajstić information content (AvgIpc) is 2.32. The Morgan fingerprint density at radius 3 is 2.44 bits per heavy atom. The minimum atomic E-state index is -0.0768. The van der Waals surface area contributed by atoms with E-state index in [-0.39, 0.29) is 5.41 Å². The number of aromatic nitrogens is 3. The van der Waals surface area contributed by atoms with Crippen LogP contribution >= 0.6 is 34.2 Å². The first-order valence-corrected chi connectivity index (χ1v) is 7.00. The fraction of sp³-hybridized carbons (Fsp3) is 0.308. The average molecular weight is 374 g/mol. The molecular formula is C13H13ClIN3. The van der Waals surface area contributed by atoms with E-state index in [2.05, 4.69) is 58.3 Å². The summed E-state index contributed by atoms with van der Waals surface area (Å²) >= 11 is 8.38. The van der Waals surface area contributed by atoms with Gasteiger partial charge in [-0.25, -0.2) is 9.97 Å². The lowest BCUT2D eigenvalue weighted by atomic mass is 9.92. The van der Waals surface area contributed by atoms with Crippen molar-refractivity contribution < 1.29 is 0 Å². The van der Waals surface area contributed by atoms with Crippen LogP contribution in [0.1, 0.15) is 26.5 Å². The highest BCUT2D eigenvalue weighted by Gasteiger charge is 2.23. The van der Waals surface area contributed by atoms with Crippen molar-refractivity contribution in [3.63, 3.8) is 0 Å². The maximum absolute atomic E-state index is 6.19.